The zero-order chi connectivity index (χ0) is 17.5. The van der Waals surface area contributed by atoms with Crippen LogP contribution >= 0.6 is 0 Å². The van der Waals surface area contributed by atoms with E-state index < -0.39 is 18.5 Å². The van der Waals surface area contributed by atoms with Gasteiger partial charge in [0.05, 0.1) is 6.10 Å². The lowest BCUT2D eigenvalue weighted by atomic mass is 9.68. The first-order valence-electron chi connectivity index (χ1n) is 10.1. The molecule has 2 aliphatic rings. The molecular weight excluding hydrogens is 313 g/mol. The largest absolute Gasteiger partial charge is 0.375 e. The first-order valence-corrected chi connectivity index (χ1v) is 10.1. The van der Waals surface area contributed by atoms with E-state index in [9.17, 15) is 13.2 Å². The Bertz CT molecular complexity index is 352. The van der Waals surface area contributed by atoms with Crippen LogP contribution in [0.4, 0.5) is 13.2 Å². The molecule has 0 spiro atoms. The summed E-state index contributed by atoms with van der Waals surface area (Å²) in [5.41, 5.74) is 0. The van der Waals surface area contributed by atoms with Gasteiger partial charge in [-0.25, -0.2) is 13.2 Å². The summed E-state index contributed by atoms with van der Waals surface area (Å²) in [6, 6.07) is 0. The molecule has 0 radical (unpaired) electrons. The summed E-state index contributed by atoms with van der Waals surface area (Å²) in [4.78, 5) is 0. The van der Waals surface area contributed by atoms with Crippen LogP contribution in [0.1, 0.15) is 78.1 Å². The van der Waals surface area contributed by atoms with Gasteiger partial charge in [-0.2, -0.15) is 0 Å². The van der Waals surface area contributed by atoms with Crippen LogP contribution < -0.4 is 0 Å². The number of hydrogen-bond donors (Lipinski definition) is 0. The van der Waals surface area contributed by atoms with Crippen LogP contribution in [0.5, 0.6) is 0 Å². The van der Waals surface area contributed by atoms with Crippen LogP contribution in [0.15, 0.2) is 0 Å². The molecule has 0 amide bonds. The Kier molecular flexibility index (Phi) is 8.39. The summed E-state index contributed by atoms with van der Waals surface area (Å²) in [6.07, 6.45) is 4.26. The molecule has 2 rings (SSSR count). The van der Waals surface area contributed by atoms with Crippen molar-refractivity contribution < 1.29 is 17.9 Å². The minimum atomic E-state index is -1.41. The molecule has 4 heteroatoms. The molecule has 0 heterocycles. The highest BCUT2D eigenvalue weighted by Crippen LogP contribution is 2.44. The lowest BCUT2D eigenvalue weighted by Gasteiger charge is -2.42. The SMILES string of the molecule is CCCCCCOC1CCC(C2CCC(CC)C(F)C2F)CC1F. The standard InChI is InChI=1S/C20H35F3O/c1-3-5-6-7-12-24-18-11-9-15(13-17(18)21)16-10-8-14(4-2)19(22)20(16)23/h14-20H,3-13H2,1-2H3. The Balaban J connectivity index is 1.76. The Labute approximate surface area is 145 Å². The van der Waals surface area contributed by atoms with Gasteiger partial charge in [0, 0.05) is 6.61 Å². The van der Waals surface area contributed by atoms with Gasteiger partial charge in [0.15, 0.2) is 0 Å². The predicted molar refractivity (Wildman–Crippen MR) is 92.4 cm³/mol. The first kappa shape index (κ1) is 20.1. The van der Waals surface area contributed by atoms with Crippen molar-refractivity contribution in [2.45, 2.75) is 103 Å². The van der Waals surface area contributed by atoms with Crippen molar-refractivity contribution in [3.05, 3.63) is 0 Å². The summed E-state index contributed by atoms with van der Waals surface area (Å²) in [6.45, 7) is 4.70. The van der Waals surface area contributed by atoms with Crippen molar-refractivity contribution in [2.24, 2.45) is 17.8 Å². The van der Waals surface area contributed by atoms with Gasteiger partial charge in [-0.1, -0.05) is 39.5 Å². The predicted octanol–water partition coefficient (Wildman–Crippen LogP) is 6.20. The molecule has 2 aliphatic carbocycles. The van der Waals surface area contributed by atoms with Crippen LogP contribution in [0.25, 0.3) is 0 Å². The monoisotopic (exact) mass is 348 g/mol. The third kappa shape index (κ3) is 5.12. The number of rotatable bonds is 8. The Morgan fingerprint density at radius 1 is 0.875 bits per heavy atom. The van der Waals surface area contributed by atoms with Crippen molar-refractivity contribution in [3.63, 3.8) is 0 Å². The van der Waals surface area contributed by atoms with Gasteiger partial charge in [-0.3, -0.25) is 0 Å². The molecule has 0 aromatic rings. The minimum Gasteiger partial charge on any atom is -0.375 e. The smallest absolute Gasteiger partial charge is 0.134 e. The second kappa shape index (κ2) is 10.0. The Morgan fingerprint density at radius 3 is 2.33 bits per heavy atom. The highest BCUT2D eigenvalue weighted by atomic mass is 19.2. The molecule has 1 nitrogen and oxygen atoms in total. The van der Waals surface area contributed by atoms with E-state index in [-0.39, 0.29) is 23.9 Å². The average molecular weight is 348 g/mol. The highest BCUT2D eigenvalue weighted by Gasteiger charge is 2.45. The van der Waals surface area contributed by atoms with Gasteiger partial charge >= 0.3 is 0 Å². The summed E-state index contributed by atoms with van der Waals surface area (Å²) in [7, 11) is 0. The lowest BCUT2D eigenvalue weighted by Crippen LogP contribution is -2.44. The maximum atomic E-state index is 14.5. The van der Waals surface area contributed by atoms with Gasteiger partial charge in [-0.15, -0.1) is 0 Å². The Morgan fingerprint density at radius 2 is 1.67 bits per heavy atom. The second-order valence-electron chi connectivity index (χ2n) is 7.86. The zero-order valence-corrected chi connectivity index (χ0v) is 15.4. The molecule has 7 atom stereocenters. The number of alkyl halides is 3. The third-order valence-electron chi connectivity index (χ3n) is 6.25. The molecule has 24 heavy (non-hydrogen) atoms. The average Bonchev–Trinajstić information content (AvgIpc) is 2.58. The molecule has 2 fully saturated rings. The maximum Gasteiger partial charge on any atom is 0.134 e. The number of hydrogen-bond acceptors (Lipinski definition) is 1. The molecule has 0 aromatic carbocycles. The van der Waals surface area contributed by atoms with Gasteiger partial charge in [0.25, 0.3) is 0 Å². The summed E-state index contributed by atoms with van der Waals surface area (Å²) < 4.78 is 48.8. The summed E-state index contributed by atoms with van der Waals surface area (Å²) in [5.74, 6) is -0.474. The van der Waals surface area contributed by atoms with Crippen molar-refractivity contribution >= 4 is 0 Å². The van der Waals surface area contributed by atoms with Crippen LogP contribution in [-0.2, 0) is 4.74 Å². The van der Waals surface area contributed by atoms with E-state index in [1.54, 1.807) is 0 Å². The summed E-state index contributed by atoms with van der Waals surface area (Å²) in [5, 5.41) is 0. The Hall–Kier alpha value is -0.250. The quantitative estimate of drug-likeness (QED) is 0.474. The number of ether oxygens (including phenoxy) is 1. The van der Waals surface area contributed by atoms with Crippen LogP contribution in [0.3, 0.4) is 0 Å². The molecule has 142 valence electrons. The molecule has 0 N–H and O–H groups in total. The summed E-state index contributed by atoms with van der Waals surface area (Å²) >= 11 is 0. The van der Waals surface area contributed by atoms with E-state index in [0.29, 0.717) is 32.3 Å². The van der Waals surface area contributed by atoms with Crippen LogP contribution in [0.2, 0.25) is 0 Å². The van der Waals surface area contributed by atoms with Crippen molar-refractivity contribution in [1.82, 2.24) is 0 Å². The minimum absolute atomic E-state index is 0.0222. The number of unbranched alkanes of at least 4 members (excludes halogenated alkanes) is 3. The molecule has 2 saturated carbocycles. The van der Waals surface area contributed by atoms with Crippen LogP contribution in [-0.4, -0.2) is 31.2 Å². The lowest BCUT2D eigenvalue weighted by molar-refractivity contribution is -0.0660. The van der Waals surface area contributed by atoms with E-state index in [0.717, 1.165) is 25.7 Å². The van der Waals surface area contributed by atoms with Gasteiger partial charge in [-0.05, 0) is 56.3 Å². The molecule has 0 saturated heterocycles. The second-order valence-corrected chi connectivity index (χ2v) is 7.86. The third-order valence-corrected chi connectivity index (χ3v) is 6.25. The van der Waals surface area contributed by atoms with Gasteiger partial charge < -0.3 is 4.74 Å². The fourth-order valence-corrected chi connectivity index (χ4v) is 4.60. The van der Waals surface area contributed by atoms with Crippen molar-refractivity contribution in [3.8, 4) is 0 Å². The van der Waals surface area contributed by atoms with Gasteiger partial charge in [0.2, 0.25) is 0 Å². The molecular formula is C20H35F3O. The molecule has 0 aromatic heterocycles. The van der Waals surface area contributed by atoms with E-state index in [1.165, 1.54) is 12.8 Å². The fourth-order valence-electron chi connectivity index (χ4n) is 4.60. The molecule has 0 aliphatic heterocycles. The normalized spacial score (nSPS) is 40.6. The van der Waals surface area contributed by atoms with E-state index in [1.807, 2.05) is 6.92 Å². The molecule has 0 bridgehead atoms. The van der Waals surface area contributed by atoms with Crippen molar-refractivity contribution in [2.75, 3.05) is 6.61 Å². The van der Waals surface area contributed by atoms with E-state index in [4.69, 9.17) is 4.74 Å². The van der Waals surface area contributed by atoms with Crippen LogP contribution in [0, 0.1) is 17.8 Å². The highest BCUT2D eigenvalue weighted by molar-refractivity contribution is 4.94. The maximum absolute atomic E-state index is 14.5. The van der Waals surface area contributed by atoms with Crippen molar-refractivity contribution in [1.29, 1.82) is 0 Å². The fraction of sp³-hybridized carbons (Fsp3) is 1.00. The zero-order valence-electron chi connectivity index (χ0n) is 15.4. The molecule has 7 unspecified atom stereocenters. The van der Waals surface area contributed by atoms with E-state index in [2.05, 4.69) is 6.92 Å². The number of halogens is 3. The first-order chi connectivity index (χ1) is 11.6. The topological polar surface area (TPSA) is 9.23 Å². The van der Waals surface area contributed by atoms with Gasteiger partial charge in [0.1, 0.15) is 18.5 Å². The van der Waals surface area contributed by atoms with E-state index >= 15 is 0 Å².